The van der Waals surface area contributed by atoms with Gasteiger partial charge in [0.1, 0.15) is 0 Å². The topological polar surface area (TPSA) is 29.1 Å². The quantitative estimate of drug-likeness (QED) is 0.882. The Morgan fingerprint density at radius 1 is 1.50 bits per heavy atom. The van der Waals surface area contributed by atoms with Crippen LogP contribution in [0.25, 0.3) is 0 Å². The van der Waals surface area contributed by atoms with E-state index in [1.165, 1.54) is 11.3 Å². The highest BCUT2D eigenvalue weighted by Crippen LogP contribution is 2.22. The maximum Gasteiger partial charge on any atom is 0.261 e. The van der Waals surface area contributed by atoms with Crippen molar-refractivity contribution in [3.8, 4) is 0 Å². The molecule has 1 amide bonds. The van der Waals surface area contributed by atoms with E-state index in [0.29, 0.717) is 6.54 Å². The molecular formula is C10H14BrNOS. The minimum atomic E-state index is 0.00984. The third-order valence-electron chi connectivity index (χ3n) is 1.58. The summed E-state index contributed by atoms with van der Waals surface area (Å²) in [6.07, 6.45) is 0. The van der Waals surface area contributed by atoms with Gasteiger partial charge in [-0.3, -0.25) is 4.79 Å². The van der Waals surface area contributed by atoms with Gasteiger partial charge < -0.3 is 5.32 Å². The molecule has 2 nitrogen and oxygen atoms in total. The second-order valence-electron chi connectivity index (χ2n) is 4.35. The highest BCUT2D eigenvalue weighted by molar-refractivity contribution is 9.11. The number of rotatable bonds is 2. The highest BCUT2D eigenvalue weighted by atomic mass is 79.9. The fourth-order valence-electron chi connectivity index (χ4n) is 0.869. The van der Waals surface area contributed by atoms with Gasteiger partial charge in [0.25, 0.3) is 5.91 Å². The zero-order valence-corrected chi connectivity index (χ0v) is 11.0. The van der Waals surface area contributed by atoms with E-state index in [1.54, 1.807) is 0 Å². The third kappa shape index (κ3) is 3.80. The van der Waals surface area contributed by atoms with Crippen LogP contribution in [0.3, 0.4) is 0 Å². The molecule has 1 N–H and O–H groups in total. The van der Waals surface area contributed by atoms with Gasteiger partial charge in [0.2, 0.25) is 0 Å². The molecule has 0 aromatic carbocycles. The first-order valence-electron chi connectivity index (χ1n) is 4.42. The van der Waals surface area contributed by atoms with Crippen molar-refractivity contribution in [2.75, 3.05) is 6.54 Å². The lowest BCUT2D eigenvalue weighted by Crippen LogP contribution is -2.31. The molecule has 0 fully saturated rings. The molecule has 1 aromatic rings. The fraction of sp³-hybridized carbons (Fsp3) is 0.500. The molecule has 0 spiro atoms. The smallest absolute Gasteiger partial charge is 0.261 e. The summed E-state index contributed by atoms with van der Waals surface area (Å²) in [5, 5.41) is 2.90. The van der Waals surface area contributed by atoms with Crippen molar-refractivity contribution in [3.05, 3.63) is 20.8 Å². The standard InChI is InChI=1S/C10H14BrNOS/c1-10(2,3)6-12-9(13)7-4-5-8(11)14-7/h4-5H,6H2,1-3H3,(H,12,13). The molecule has 14 heavy (non-hydrogen) atoms. The molecule has 78 valence electrons. The van der Waals surface area contributed by atoms with Crippen molar-refractivity contribution < 1.29 is 4.79 Å². The normalized spacial score (nSPS) is 11.4. The maximum atomic E-state index is 11.6. The van der Waals surface area contributed by atoms with Crippen LogP contribution < -0.4 is 5.32 Å². The number of carbonyl (C=O) groups is 1. The molecule has 0 atom stereocenters. The van der Waals surface area contributed by atoms with E-state index in [1.807, 2.05) is 12.1 Å². The first kappa shape index (κ1) is 11.7. The van der Waals surface area contributed by atoms with Crippen molar-refractivity contribution in [2.24, 2.45) is 5.41 Å². The third-order valence-corrected chi connectivity index (χ3v) is 3.20. The first-order chi connectivity index (χ1) is 6.38. The van der Waals surface area contributed by atoms with Crippen LogP contribution >= 0.6 is 27.3 Å². The van der Waals surface area contributed by atoms with Crippen LogP contribution in [0.1, 0.15) is 30.4 Å². The van der Waals surface area contributed by atoms with E-state index < -0.39 is 0 Å². The summed E-state index contributed by atoms with van der Waals surface area (Å²) in [5.74, 6) is 0.00984. The van der Waals surface area contributed by atoms with Gasteiger partial charge in [-0.25, -0.2) is 0 Å². The number of hydrogen-bond acceptors (Lipinski definition) is 2. The Morgan fingerprint density at radius 3 is 2.57 bits per heavy atom. The number of amides is 1. The molecule has 1 aromatic heterocycles. The van der Waals surface area contributed by atoms with Gasteiger partial charge >= 0.3 is 0 Å². The Balaban J connectivity index is 2.52. The van der Waals surface area contributed by atoms with Gasteiger partial charge in [-0.1, -0.05) is 20.8 Å². The molecule has 0 bridgehead atoms. The van der Waals surface area contributed by atoms with Gasteiger partial charge in [-0.2, -0.15) is 0 Å². The molecule has 0 radical (unpaired) electrons. The lowest BCUT2D eigenvalue weighted by molar-refractivity contribution is 0.0943. The van der Waals surface area contributed by atoms with Crippen LogP contribution in [0.4, 0.5) is 0 Å². The molecule has 0 saturated carbocycles. The summed E-state index contributed by atoms with van der Waals surface area (Å²) in [5.41, 5.74) is 0.129. The zero-order chi connectivity index (χ0) is 10.8. The van der Waals surface area contributed by atoms with Crippen molar-refractivity contribution >= 4 is 33.2 Å². The van der Waals surface area contributed by atoms with Crippen LogP contribution in [-0.4, -0.2) is 12.5 Å². The Labute approximate surface area is 96.8 Å². The highest BCUT2D eigenvalue weighted by Gasteiger charge is 2.13. The molecule has 0 aliphatic carbocycles. The van der Waals surface area contributed by atoms with Crippen molar-refractivity contribution in [1.29, 1.82) is 0 Å². The molecule has 1 heterocycles. The molecule has 1 rings (SSSR count). The zero-order valence-electron chi connectivity index (χ0n) is 8.56. The molecule has 0 unspecified atom stereocenters. The van der Waals surface area contributed by atoms with Crippen LogP contribution in [0.15, 0.2) is 15.9 Å². The maximum absolute atomic E-state index is 11.6. The summed E-state index contributed by atoms with van der Waals surface area (Å²) >= 11 is 4.78. The summed E-state index contributed by atoms with van der Waals surface area (Å²) in [6.45, 7) is 6.98. The Morgan fingerprint density at radius 2 is 2.14 bits per heavy atom. The number of thiophene rings is 1. The largest absolute Gasteiger partial charge is 0.351 e. The van der Waals surface area contributed by atoms with Crippen molar-refractivity contribution in [2.45, 2.75) is 20.8 Å². The number of halogens is 1. The first-order valence-corrected chi connectivity index (χ1v) is 6.03. The minimum Gasteiger partial charge on any atom is -0.351 e. The second kappa shape index (κ2) is 4.45. The average Bonchev–Trinajstić information content (AvgIpc) is 2.46. The predicted molar refractivity (Wildman–Crippen MR) is 63.8 cm³/mol. The van der Waals surface area contributed by atoms with E-state index in [0.717, 1.165) is 8.66 Å². The Kier molecular flexibility index (Phi) is 3.72. The Bertz CT molecular complexity index is 327. The summed E-state index contributed by atoms with van der Waals surface area (Å²) < 4.78 is 0.985. The van der Waals surface area contributed by atoms with E-state index in [-0.39, 0.29) is 11.3 Å². The minimum absolute atomic E-state index is 0.00984. The van der Waals surface area contributed by atoms with Gasteiger partial charge in [0.15, 0.2) is 0 Å². The summed E-state index contributed by atoms with van der Waals surface area (Å²) in [7, 11) is 0. The van der Waals surface area contributed by atoms with Gasteiger partial charge in [0, 0.05) is 6.54 Å². The predicted octanol–water partition coefficient (Wildman–Crippen LogP) is 3.29. The lowest BCUT2D eigenvalue weighted by Gasteiger charge is -2.18. The molecule has 4 heteroatoms. The van der Waals surface area contributed by atoms with Crippen LogP contribution in [0, 0.1) is 5.41 Å². The number of carbonyl (C=O) groups excluding carboxylic acids is 1. The van der Waals surface area contributed by atoms with Gasteiger partial charge in [-0.05, 0) is 33.5 Å². The molecular weight excluding hydrogens is 262 g/mol. The summed E-state index contributed by atoms with van der Waals surface area (Å²) in [6, 6.07) is 3.71. The fourth-order valence-corrected chi connectivity index (χ4v) is 2.17. The van der Waals surface area contributed by atoms with E-state index in [2.05, 4.69) is 42.0 Å². The SMILES string of the molecule is CC(C)(C)CNC(=O)c1ccc(Br)s1. The molecule has 0 aliphatic rings. The Hall–Kier alpha value is -0.350. The van der Waals surface area contributed by atoms with E-state index in [4.69, 9.17) is 0 Å². The van der Waals surface area contributed by atoms with Crippen LogP contribution in [0.5, 0.6) is 0 Å². The van der Waals surface area contributed by atoms with Crippen molar-refractivity contribution in [1.82, 2.24) is 5.32 Å². The average molecular weight is 276 g/mol. The molecule has 0 saturated heterocycles. The van der Waals surface area contributed by atoms with Gasteiger partial charge in [-0.15, -0.1) is 11.3 Å². The summed E-state index contributed by atoms with van der Waals surface area (Å²) in [4.78, 5) is 12.3. The van der Waals surface area contributed by atoms with Gasteiger partial charge in [0.05, 0.1) is 8.66 Å². The number of hydrogen-bond donors (Lipinski definition) is 1. The van der Waals surface area contributed by atoms with E-state index >= 15 is 0 Å². The second-order valence-corrected chi connectivity index (χ2v) is 6.81. The van der Waals surface area contributed by atoms with Crippen LogP contribution in [0.2, 0.25) is 0 Å². The lowest BCUT2D eigenvalue weighted by atomic mass is 9.97. The monoisotopic (exact) mass is 275 g/mol. The van der Waals surface area contributed by atoms with Crippen molar-refractivity contribution in [3.63, 3.8) is 0 Å². The van der Waals surface area contributed by atoms with E-state index in [9.17, 15) is 4.79 Å². The number of nitrogens with one attached hydrogen (secondary N) is 1. The van der Waals surface area contributed by atoms with Crippen LogP contribution in [-0.2, 0) is 0 Å². The molecule has 0 aliphatic heterocycles.